The molecule has 43 heavy (non-hydrogen) atoms. The molecule has 4 aromatic rings. The first-order valence-corrected chi connectivity index (χ1v) is 12.1. The van der Waals surface area contributed by atoms with Crippen molar-refractivity contribution in [2.24, 2.45) is 0 Å². The molecule has 0 fully saturated rings. The number of allylic oxidation sites excluding steroid dienone is 1. The Morgan fingerprint density at radius 2 is 1.33 bits per heavy atom. The second-order valence-corrected chi connectivity index (χ2v) is 8.88. The molecule has 1 heterocycles. The van der Waals surface area contributed by atoms with Gasteiger partial charge in [0, 0.05) is 35.7 Å². The highest BCUT2D eigenvalue weighted by Gasteiger charge is 2.43. The lowest BCUT2D eigenvalue weighted by atomic mass is 10.0. The maximum atomic E-state index is 14.8. The summed E-state index contributed by atoms with van der Waals surface area (Å²) in [5, 5.41) is 0. The van der Waals surface area contributed by atoms with E-state index in [1.54, 1.807) is 18.5 Å². The first-order chi connectivity index (χ1) is 20.2. The SMILES string of the molecule is C=CCCc1cnc(C#Cc2ccc(-c3cc(F)c(C(F)(F)Oc4cc(F)c(C(F)(F)F)c(F)c4)c(F)c3)c(F)c2)nc1. The van der Waals surface area contributed by atoms with Gasteiger partial charge in [0.05, 0.1) is 0 Å². The number of hydrogen-bond acceptors (Lipinski definition) is 3. The maximum Gasteiger partial charge on any atom is 0.432 e. The summed E-state index contributed by atoms with van der Waals surface area (Å²) in [7, 11) is 0. The van der Waals surface area contributed by atoms with Gasteiger partial charge >= 0.3 is 12.3 Å². The number of alkyl halides is 5. The highest BCUT2D eigenvalue weighted by molar-refractivity contribution is 5.66. The highest BCUT2D eigenvalue weighted by atomic mass is 19.4. The number of hydrogen-bond donors (Lipinski definition) is 0. The highest BCUT2D eigenvalue weighted by Crippen LogP contribution is 2.40. The number of halogens is 10. The van der Waals surface area contributed by atoms with Gasteiger partial charge in [-0.25, -0.2) is 31.9 Å². The standard InChI is InChI=1S/C30H16F10N2O/c1-2-3-4-17-14-41-26(42-15-17)8-6-16-5-7-20(21(31)9-16)18-10-22(32)28(23(33)11-18)30(39,40)43-19-12-24(34)27(25(35)13-19)29(36,37)38/h2,5,7,9-15H,1,3-4H2. The molecular weight excluding hydrogens is 594 g/mol. The molecule has 0 radical (unpaired) electrons. The summed E-state index contributed by atoms with van der Waals surface area (Å²) < 4.78 is 143. The molecule has 3 aromatic carbocycles. The molecule has 0 amide bonds. The van der Waals surface area contributed by atoms with E-state index in [9.17, 15) is 43.9 Å². The van der Waals surface area contributed by atoms with Crippen molar-refractivity contribution in [3.05, 3.63) is 125 Å². The third-order valence-electron chi connectivity index (χ3n) is 5.82. The van der Waals surface area contributed by atoms with Crippen molar-refractivity contribution in [2.45, 2.75) is 25.1 Å². The molecule has 0 aliphatic carbocycles. The van der Waals surface area contributed by atoms with Crippen LogP contribution in [0.1, 0.15) is 34.5 Å². The van der Waals surface area contributed by atoms with Gasteiger partial charge in [-0.2, -0.15) is 22.0 Å². The molecule has 3 nitrogen and oxygen atoms in total. The molecule has 0 N–H and O–H groups in total. The summed E-state index contributed by atoms with van der Waals surface area (Å²) in [6.07, 6.45) is -4.12. The Hall–Kier alpha value is -4.86. The zero-order valence-corrected chi connectivity index (χ0v) is 21.5. The predicted molar refractivity (Wildman–Crippen MR) is 134 cm³/mol. The quantitative estimate of drug-likeness (QED) is 0.120. The van der Waals surface area contributed by atoms with E-state index in [1.165, 1.54) is 6.07 Å². The minimum Gasteiger partial charge on any atom is -0.429 e. The Bertz CT molecular complexity index is 1690. The fraction of sp³-hybridized carbons (Fsp3) is 0.133. The van der Waals surface area contributed by atoms with Crippen LogP contribution in [-0.4, -0.2) is 9.97 Å². The molecule has 0 aliphatic heterocycles. The normalized spacial score (nSPS) is 11.6. The first-order valence-electron chi connectivity index (χ1n) is 12.1. The second-order valence-electron chi connectivity index (χ2n) is 8.88. The molecule has 4 rings (SSSR count). The van der Waals surface area contributed by atoms with Crippen LogP contribution in [0.4, 0.5) is 43.9 Å². The minimum atomic E-state index is -5.49. The van der Waals surface area contributed by atoms with Gasteiger partial charge in [0.1, 0.15) is 46.0 Å². The number of nitrogens with zero attached hydrogens (tertiary/aromatic N) is 2. The molecule has 1 aromatic heterocycles. The third-order valence-corrected chi connectivity index (χ3v) is 5.82. The maximum absolute atomic E-state index is 14.8. The van der Waals surface area contributed by atoms with Crippen LogP contribution >= 0.6 is 0 Å². The first kappa shape index (κ1) is 31.1. The zero-order valence-electron chi connectivity index (χ0n) is 21.5. The largest absolute Gasteiger partial charge is 0.432 e. The van der Waals surface area contributed by atoms with Crippen molar-refractivity contribution in [3.63, 3.8) is 0 Å². The molecule has 0 aliphatic rings. The van der Waals surface area contributed by atoms with Crippen molar-refractivity contribution >= 4 is 0 Å². The summed E-state index contributed by atoms with van der Waals surface area (Å²) in [6, 6.07) is 3.60. The van der Waals surface area contributed by atoms with Crippen molar-refractivity contribution in [2.75, 3.05) is 0 Å². The van der Waals surface area contributed by atoms with Gasteiger partial charge in [0.15, 0.2) is 0 Å². The molecule has 0 bridgehead atoms. The van der Waals surface area contributed by atoms with E-state index >= 15 is 0 Å². The van der Waals surface area contributed by atoms with Gasteiger partial charge in [-0.05, 0) is 54.2 Å². The second kappa shape index (κ2) is 12.2. The number of ether oxygens (including phenoxy) is 1. The molecule has 0 atom stereocenters. The predicted octanol–water partition coefficient (Wildman–Crippen LogP) is 8.50. The Labute approximate surface area is 237 Å². The number of benzene rings is 3. The molecule has 0 unspecified atom stereocenters. The average molecular weight is 610 g/mol. The fourth-order valence-corrected chi connectivity index (χ4v) is 3.86. The fourth-order valence-electron chi connectivity index (χ4n) is 3.86. The summed E-state index contributed by atoms with van der Waals surface area (Å²) in [5.41, 5.74) is -4.31. The third kappa shape index (κ3) is 7.14. The number of aromatic nitrogens is 2. The summed E-state index contributed by atoms with van der Waals surface area (Å²) in [4.78, 5) is 8.16. The van der Waals surface area contributed by atoms with Crippen molar-refractivity contribution in [3.8, 4) is 28.7 Å². The van der Waals surface area contributed by atoms with Crippen LogP contribution in [0, 0.1) is 40.9 Å². The van der Waals surface area contributed by atoms with E-state index in [4.69, 9.17) is 0 Å². The Kier molecular flexibility index (Phi) is 8.80. The van der Waals surface area contributed by atoms with Gasteiger partial charge in [-0.3, -0.25) is 0 Å². The summed E-state index contributed by atoms with van der Waals surface area (Å²) in [6.45, 7) is 3.62. The Balaban J connectivity index is 1.57. The molecule has 222 valence electrons. The van der Waals surface area contributed by atoms with Crippen LogP contribution in [0.5, 0.6) is 5.75 Å². The van der Waals surface area contributed by atoms with Gasteiger partial charge in [-0.1, -0.05) is 18.1 Å². The monoisotopic (exact) mass is 610 g/mol. The van der Waals surface area contributed by atoms with Crippen molar-refractivity contribution < 1.29 is 48.6 Å². The number of aryl methyl sites for hydroxylation is 1. The molecular formula is C30H16F10N2O. The summed E-state index contributed by atoms with van der Waals surface area (Å²) >= 11 is 0. The van der Waals surface area contributed by atoms with E-state index in [-0.39, 0.29) is 23.5 Å². The van der Waals surface area contributed by atoms with E-state index in [2.05, 4.69) is 33.1 Å². The van der Waals surface area contributed by atoms with Gasteiger partial charge in [0.2, 0.25) is 5.82 Å². The average Bonchev–Trinajstić information content (AvgIpc) is 2.89. The van der Waals surface area contributed by atoms with Crippen LogP contribution in [0.25, 0.3) is 11.1 Å². The lowest BCUT2D eigenvalue weighted by Gasteiger charge is -2.21. The van der Waals surface area contributed by atoms with Crippen LogP contribution in [0.2, 0.25) is 0 Å². The van der Waals surface area contributed by atoms with Crippen LogP contribution in [-0.2, 0) is 18.7 Å². The van der Waals surface area contributed by atoms with E-state index in [0.717, 1.165) is 24.1 Å². The van der Waals surface area contributed by atoms with Crippen molar-refractivity contribution in [1.29, 1.82) is 0 Å². The molecule has 13 heteroatoms. The zero-order chi connectivity index (χ0) is 31.5. The molecule has 0 spiro atoms. The molecule has 0 saturated heterocycles. The van der Waals surface area contributed by atoms with Gasteiger partial charge in [0.25, 0.3) is 0 Å². The topological polar surface area (TPSA) is 35.0 Å². The van der Waals surface area contributed by atoms with Gasteiger partial charge < -0.3 is 4.74 Å². The lowest BCUT2D eigenvalue weighted by molar-refractivity contribution is -0.189. The van der Waals surface area contributed by atoms with E-state index in [1.807, 2.05) is 0 Å². The van der Waals surface area contributed by atoms with Crippen molar-refractivity contribution in [1.82, 2.24) is 9.97 Å². The Morgan fingerprint density at radius 3 is 1.86 bits per heavy atom. The smallest absolute Gasteiger partial charge is 0.429 e. The van der Waals surface area contributed by atoms with Crippen LogP contribution in [0.15, 0.2) is 67.5 Å². The minimum absolute atomic E-state index is 0.133. The number of rotatable bonds is 7. The van der Waals surface area contributed by atoms with E-state index in [0.29, 0.717) is 18.6 Å². The van der Waals surface area contributed by atoms with E-state index < -0.39 is 69.4 Å². The van der Waals surface area contributed by atoms with Gasteiger partial charge in [-0.15, -0.1) is 6.58 Å². The van der Waals surface area contributed by atoms with Crippen LogP contribution in [0.3, 0.4) is 0 Å². The Morgan fingerprint density at radius 1 is 0.744 bits per heavy atom. The van der Waals surface area contributed by atoms with Crippen LogP contribution < -0.4 is 4.74 Å². The molecule has 0 saturated carbocycles. The summed E-state index contributed by atoms with van der Waals surface area (Å²) in [5.74, 6) is -5.55. The lowest BCUT2D eigenvalue weighted by Crippen LogP contribution is -2.25.